The van der Waals surface area contributed by atoms with Gasteiger partial charge < -0.3 is 18.3 Å². The molecule has 4 aromatic rings. The van der Waals surface area contributed by atoms with Crippen molar-refractivity contribution in [1.82, 2.24) is 19.9 Å². The van der Waals surface area contributed by atoms with Gasteiger partial charge in [-0.25, -0.2) is 0 Å². The number of nitrogens with zero attached hydrogens (tertiary/aromatic N) is 4. The number of rotatable bonds is 7. The highest BCUT2D eigenvalue weighted by molar-refractivity contribution is 5.76. The maximum absolute atomic E-state index is 12.5. The number of piperazine rings is 1. The molecular weight excluding hydrogens is 408 g/mol. The van der Waals surface area contributed by atoms with Gasteiger partial charge in [0.1, 0.15) is 5.76 Å². The summed E-state index contributed by atoms with van der Waals surface area (Å²) in [5.74, 6) is 2.49. The van der Waals surface area contributed by atoms with Crippen molar-refractivity contribution in [2.75, 3.05) is 26.2 Å². The number of amides is 1. The number of aromatic nitrogens is 2. The fourth-order valence-electron chi connectivity index (χ4n) is 3.91. The van der Waals surface area contributed by atoms with Gasteiger partial charge in [0, 0.05) is 51.1 Å². The topological polar surface area (TPSA) is 88.8 Å². The van der Waals surface area contributed by atoms with Crippen LogP contribution in [0.25, 0.3) is 23.0 Å². The molecule has 1 aliphatic rings. The van der Waals surface area contributed by atoms with Crippen LogP contribution in [0.15, 0.2) is 74.4 Å². The number of hydrogen-bond acceptors (Lipinski definition) is 7. The molecule has 8 heteroatoms. The number of benzene rings is 1. The molecule has 1 saturated heterocycles. The third-order valence-corrected chi connectivity index (χ3v) is 5.64. The van der Waals surface area contributed by atoms with Crippen LogP contribution in [0.4, 0.5) is 0 Å². The lowest BCUT2D eigenvalue weighted by molar-refractivity contribution is -0.133. The Morgan fingerprint density at radius 3 is 2.59 bits per heavy atom. The number of carbonyl (C=O) groups excluding carboxylic acids is 1. The van der Waals surface area contributed by atoms with E-state index in [9.17, 15) is 4.79 Å². The molecule has 164 valence electrons. The van der Waals surface area contributed by atoms with Crippen LogP contribution in [0, 0.1) is 0 Å². The number of furan rings is 2. The lowest BCUT2D eigenvalue weighted by atomic mass is 10.1. The Hall–Kier alpha value is -3.65. The summed E-state index contributed by atoms with van der Waals surface area (Å²) in [5.41, 5.74) is 2.07. The summed E-state index contributed by atoms with van der Waals surface area (Å²) in [7, 11) is 0. The van der Waals surface area contributed by atoms with Crippen molar-refractivity contribution in [3.8, 4) is 23.0 Å². The Labute approximate surface area is 185 Å². The van der Waals surface area contributed by atoms with Crippen LogP contribution in [-0.4, -0.2) is 52.0 Å². The van der Waals surface area contributed by atoms with E-state index in [4.69, 9.17) is 13.4 Å². The zero-order chi connectivity index (χ0) is 21.8. The summed E-state index contributed by atoms with van der Waals surface area (Å²) >= 11 is 0. The quantitative estimate of drug-likeness (QED) is 0.438. The molecule has 4 heterocycles. The van der Waals surface area contributed by atoms with Crippen LogP contribution in [-0.2, 0) is 17.8 Å². The third-order valence-electron chi connectivity index (χ3n) is 5.64. The lowest BCUT2D eigenvalue weighted by Crippen LogP contribution is -2.48. The molecule has 3 aromatic heterocycles. The first kappa shape index (κ1) is 20.3. The highest BCUT2D eigenvalue weighted by Gasteiger charge is 2.21. The number of hydrogen-bond donors (Lipinski definition) is 0. The second kappa shape index (κ2) is 9.23. The van der Waals surface area contributed by atoms with Crippen molar-refractivity contribution in [2.24, 2.45) is 0 Å². The molecule has 0 spiro atoms. The van der Waals surface area contributed by atoms with E-state index in [0.717, 1.165) is 44.0 Å². The van der Waals surface area contributed by atoms with Gasteiger partial charge in [0.15, 0.2) is 5.76 Å². The summed E-state index contributed by atoms with van der Waals surface area (Å²) in [6, 6.07) is 15.5. The van der Waals surface area contributed by atoms with E-state index in [1.54, 1.807) is 24.7 Å². The van der Waals surface area contributed by atoms with E-state index in [0.29, 0.717) is 30.3 Å². The molecule has 1 fully saturated rings. The van der Waals surface area contributed by atoms with Gasteiger partial charge in [-0.05, 0) is 35.9 Å². The van der Waals surface area contributed by atoms with Crippen LogP contribution < -0.4 is 0 Å². The first-order chi connectivity index (χ1) is 15.7. The third kappa shape index (κ3) is 4.65. The summed E-state index contributed by atoms with van der Waals surface area (Å²) in [4.78, 5) is 21.2. The molecule has 0 radical (unpaired) electrons. The predicted molar refractivity (Wildman–Crippen MR) is 116 cm³/mol. The first-order valence-corrected chi connectivity index (χ1v) is 10.7. The minimum atomic E-state index is 0.188. The number of carbonyl (C=O) groups is 1. The van der Waals surface area contributed by atoms with E-state index >= 15 is 0 Å². The van der Waals surface area contributed by atoms with Crippen molar-refractivity contribution in [3.63, 3.8) is 0 Å². The van der Waals surface area contributed by atoms with E-state index in [-0.39, 0.29) is 5.91 Å². The molecule has 0 bridgehead atoms. The highest BCUT2D eigenvalue weighted by atomic mass is 16.5. The molecule has 0 unspecified atom stereocenters. The summed E-state index contributed by atoms with van der Waals surface area (Å²) < 4.78 is 16.0. The van der Waals surface area contributed by atoms with E-state index in [1.807, 2.05) is 29.2 Å². The van der Waals surface area contributed by atoms with Gasteiger partial charge in [-0.1, -0.05) is 23.4 Å². The SMILES string of the molecule is O=C(CCc1ccco1)N1CCN(Cc2cccc(-c3noc(-c4ccco4)n3)c2)CC1. The van der Waals surface area contributed by atoms with E-state index < -0.39 is 0 Å². The molecule has 8 nitrogen and oxygen atoms in total. The molecule has 0 saturated carbocycles. The second-order valence-corrected chi connectivity index (χ2v) is 7.84. The molecule has 5 rings (SSSR count). The smallest absolute Gasteiger partial charge is 0.293 e. The largest absolute Gasteiger partial charge is 0.469 e. The Balaban J connectivity index is 1.15. The summed E-state index contributed by atoms with van der Waals surface area (Å²) in [6.45, 7) is 4.00. The maximum atomic E-state index is 12.5. The van der Waals surface area contributed by atoms with E-state index in [2.05, 4.69) is 27.2 Å². The van der Waals surface area contributed by atoms with Crippen LogP contribution in [0.1, 0.15) is 17.7 Å². The van der Waals surface area contributed by atoms with Gasteiger partial charge >= 0.3 is 0 Å². The predicted octanol–water partition coefficient (Wildman–Crippen LogP) is 3.87. The van der Waals surface area contributed by atoms with Crippen molar-refractivity contribution in [1.29, 1.82) is 0 Å². The molecular formula is C24H24N4O4. The van der Waals surface area contributed by atoms with E-state index in [1.165, 1.54) is 5.56 Å². The molecule has 1 aromatic carbocycles. The lowest BCUT2D eigenvalue weighted by Gasteiger charge is -2.34. The van der Waals surface area contributed by atoms with Gasteiger partial charge in [-0.2, -0.15) is 4.98 Å². The van der Waals surface area contributed by atoms with Crippen molar-refractivity contribution < 1.29 is 18.2 Å². The molecule has 0 atom stereocenters. The van der Waals surface area contributed by atoms with Gasteiger partial charge in [-0.3, -0.25) is 9.69 Å². The Bertz CT molecular complexity index is 1140. The monoisotopic (exact) mass is 432 g/mol. The minimum absolute atomic E-state index is 0.188. The molecule has 1 aliphatic heterocycles. The Kier molecular flexibility index (Phi) is 5.85. The Morgan fingerprint density at radius 2 is 1.81 bits per heavy atom. The number of aryl methyl sites for hydroxylation is 1. The average molecular weight is 432 g/mol. The van der Waals surface area contributed by atoms with Crippen LogP contribution in [0.3, 0.4) is 0 Å². The molecule has 32 heavy (non-hydrogen) atoms. The maximum Gasteiger partial charge on any atom is 0.293 e. The summed E-state index contributed by atoms with van der Waals surface area (Å²) in [6.07, 6.45) is 4.35. The average Bonchev–Trinajstić information content (AvgIpc) is 3.60. The Morgan fingerprint density at radius 1 is 0.969 bits per heavy atom. The van der Waals surface area contributed by atoms with Crippen LogP contribution in [0.5, 0.6) is 0 Å². The standard InChI is InChI=1S/C24H24N4O4/c29-22(9-8-20-6-2-14-30-20)28-12-10-27(11-13-28)17-18-4-1-5-19(16-18)23-25-24(32-26-23)21-7-3-15-31-21/h1-7,14-16H,8-13,17H2. The molecule has 0 aliphatic carbocycles. The fraction of sp³-hybridized carbons (Fsp3) is 0.292. The first-order valence-electron chi connectivity index (χ1n) is 10.7. The van der Waals surface area contributed by atoms with Crippen molar-refractivity contribution in [2.45, 2.75) is 19.4 Å². The second-order valence-electron chi connectivity index (χ2n) is 7.84. The molecule has 0 N–H and O–H groups in total. The van der Waals surface area contributed by atoms with Gasteiger partial charge in [0.25, 0.3) is 5.89 Å². The zero-order valence-electron chi connectivity index (χ0n) is 17.6. The normalized spacial score (nSPS) is 14.7. The highest BCUT2D eigenvalue weighted by Crippen LogP contribution is 2.23. The van der Waals surface area contributed by atoms with Gasteiger partial charge in [0.05, 0.1) is 12.5 Å². The van der Waals surface area contributed by atoms with Crippen LogP contribution >= 0.6 is 0 Å². The fourth-order valence-corrected chi connectivity index (χ4v) is 3.91. The van der Waals surface area contributed by atoms with Crippen molar-refractivity contribution in [3.05, 3.63) is 72.4 Å². The zero-order valence-corrected chi connectivity index (χ0v) is 17.6. The van der Waals surface area contributed by atoms with Gasteiger partial charge in [-0.15, -0.1) is 0 Å². The van der Waals surface area contributed by atoms with Crippen LogP contribution in [0.2, 0.25) is 0 Å². The summed E-state index contributed by atoms with van der Waals surface area (Å²) in [5, 5.41) is 4.08. The minimum Gasteiger partial charge on any atom is -0.469 e. The van der Waals surface area contributed by atoms with Gasteiger partial charge in [0.2, 0.25) is 11.7 Å². The molecule has 1 amide bonds. The van der Waals surface area contributed by atoms with Crippen molar-refractivity contribution >= 4 is 5.91 Å².